The molecule has 1 atom stereocenters. The lowest BCUT2D eigenvalue weighted by atomic mass is 9.84. The molecule has 2 aliphatic rings. The number of guanidine groups is 1. The van der Waals surface area contributed by atoms with Crippen molar-refractivity contribution in [3.05, 3.63) is 11.6 Å². The Morgan fingerprint density at radius 3 is 2.91 bits per heavy atom. The largest absolute Gasteiger partial charge is 0.396 e. The molecule has 0 spiro atoms. The van der Waals surface area contributed by atoms with Gasteiger partial charge in [-0.2, -0.15) is 0 Å². The molecule has 0 amide bonds. The molecule has 128 valence electrons. The van der Waals surface area contributed by atoms with E-state index in [1.165, 1.54) is 19.3 Å². The highest BCUT2D eigenvalue weighted by Crippen LogP contribution is 2.31. The number of ether oxygens (including phenoxy) is 1. The molecule has 0 saturated carbocycles. The number of hydrogen-bond acceptors (Lipinski definition) is 3. The van der Waals surface area contributed by atoms with E-state index in [1.807, 2.05) is 0 Å². The lowest BCUT2D eigenvalue weighted by molar-refractivity contribution is 0.127. The van der Waals surface area contributed by atoms with Crippen LogP contribution in [0.15, 0.2) is 16.6 Å². The molecular formula is C16H30IN3O2. The minimum Gasteiger partial charge on any atom is -0.396 e. The molecule has 3 N–H and O–H groups in total. The molecule has 1 unspecified atom stereocenters. The van der Waals surface area contributed by atoms with Crippen LogP contribution in [0.5, 0.6) is 0 Å². The van der Waals surface area contributed by atoms with E-state index in [9.17, 15) is 5.11 Å². The Kier molecular flexibility index (Phi) is 9.35. The van der Waals surface area contributed by atoms with E-state index in [0.717, 1.165) is 51.5 Å². The van der Waals surface area contributed by atoms with E-state index in [-0.39, 0.29) is 36.0 Å². The van der Waals surface area contributed by atoms with Crippen LogP contribution in [0.25, 0.3) is 0 Å². The molecule has 6 heteroatoms. The molecule has 0 aromatic carbocycles. The van der Waals surface area contributed by atoms with Gasteiger partial charge in [0.05, 0.1) is 6.61 Å². The second-order valence-electron chi connectivity index (χ2n) is 6.13. The zero-order chi connectivity index (χ0) is 15.0. The number of allylic oxidation sites excluding steroid dienone is 1. The van der Waals surface area contributed by atoms with Gasteiger partial charge in [-0.1, -0.05) is 11.6 Å². The third-order valence-corrected chi connectivity index (χ3v) is 4.56. The molecule has 0 aromatic heterocycles. The fourth-order valence-electron chi connectivity index (χ4n) is 3.11. The Balaban J connectivity index is 0.00000242. The zero-order valence-electron chi connectivity index (χ0n) is 13.6. The number of aliphatic hydroxyl groups is 1. The summed E-state index contributed by atoms with van der Waals surface area (Å²) in [6.45, 7) is 3.46. The van der Waals surface area contributed by atoms with Crippen LogP contribution in [-0.4, -0.2) is 51.0 Å². The number of halogens is 1. The van der Waals surface area contributed by atoms with Crippen LogP contribution in [0.1, 0.15) is 38.5 Å². The molecule has 22 heavy (non-hydrogen) atoms. The van der Waals surface area contributed by atoms with E-state index in [0.29, 0.717) is 0 Å². The second kappa shape index (κ2) is 10.4. The predicted molar refractivity (Wildman–Crippen MR) is 101 cm³/mol. The van der Waals surface area contributed by atoms with Gasteiger partial charge in [-0.05, 0) is 38.5 Å². The minimum absolute atomic E-state index is 0. The van der Waals surface area contributed by atoms with Crippen LogP contribution >= 0.6 is 24.0 Å². The Hall–Kier alpha value is -0.340. The first-order valence-electron chi connectivity index (χ1n) is 8.09. The van der Waals surface area contributed by atoms with Crippen molar-refractivity contribution in [1.29, 1.82) is 0 Å². The maximum Gasteiger partial charge on any atom is 0.191 e. The predicted octanol–water partition coefficient (Wildman–Crippen LogP) is 2.06. The summed E-state index contributed by atoms with van der Waals surface area (Å²) in [5.74, 6) is 0.845. The number of hydrogen-bond donors (Lipinski definition) is 3. The van der Waals surface area contributed by atoms with Gasteiger partial charge in [0.25, 0.3) is 0 Å². The van der Waals surface area contributed by atoms with Crippen molar-refractivity contribution in [2.24, 2.45) is 10.4 Å². The fourth-order valence-corrected chi connectivity index (χ4v) is 3.11. The van der Waals surface area contributed by atoms with Gasteiger partial charge in [0, 0.05) is 38.8 Å². The van der Waals surface area contributed by atoms with Crippen LogP contribution in [-0.2, 0) is 4.74 Å². The number of rotatable bonds is 7. The van der Waals surface area contributed by atoms with E-state index in [2.05, 4.69) is 21.7 Å². The van der Waals surface area contributed by atoms with E-state index in [1.54, 1.807) is 12.6 Å². The first kappa shape index (κ1) is 19.7. The van der Waals surface area contributed by atoms with Gasteiger partial charge in [-0.3, -0.25) is 4.99 Å². The molecule has 1 aliphatic carbocycles. The average molecular weight is 423 g/mol. The fraction of sp³-hybridized carbons (Fsp3) is 0.812. The summed E-state index contributed by atoms with van der Waals surface area (Å²) >= 11 is 0. The quantitative estimate of drug-likeness (QED) is 0.254. The molecular weight excluding hydrogens is 393 g/mol. The molecule has 1 aliphatic heterocycles. The van der Waals surface area contributed by atoms with Gasteiger partial charge in [-0.15, -0.1) is 24.0 Å². The summed E-state index contributed by atoms with van der Waals surface area (Å²) in [5, 5.41) is 16.0. The maximum absolute atomic E-state index is 9.24. The summed E-state index contributed by atoms with van der Waals surface area (Å²) < 4.78 is 5.51. The van der Waals surface area contributed by atoms with Crippen molar-refractivity contribution >= 4 is 29.9 Å². The van der Waals surface area contributed by atoms with E-state index < -0.39 is 0 Å². The van der Waals surface area contributed by atoms with Crippen molar-refractivity contribution in [3.8, 4) is 0 Å². The molecule has 1 fully saturated rings. The highest BCUT2D eigenvalue weighted by atomic mass is 127. The summed E-state index contributed by atoms with van der Waals surface area (Å²) in [7, 11) is 1.80. The third-order valence-electron chi connectivity index (χ3n) is 4.56. The van der Waals surface area contributed by atoms with Crippen LogP contribution in [0.3, 0.4) is 0 Å². The molecule has 0 bridgehead atoms. The normalized spacial score (nSPS) is 24.8. The van der Waals surface area contributed by atoms with Crippen LogP contribution in [0.4, 0.5) is 0 Å². The van der Waals surface area contributed by atoms with Crippen molar-refractivity contribution < 1.29 is 9.84 Å². The maximum atomic E-state index is 9.24. The smallest absolute Gasteiger partial charge is 0.191 e. The monoisotopic (exact) mass is 423 g/mol. The third kappa shape index (κ3) is 6.04. The van der Waals surface area contributed by atoms with Crippen LogP contribution in [0, 0.1) is 5.41 Å². The summed E-state index contributed by atoms with van der Waals surface area (Å²) in [6, 6.07) is 0. The van der Waals surface area contributed by atoms with E-state index in [4.69, 9.17) is 4.74 Å². The molecule has 0 aromatic rings. The van der Waals surface area contributed by atoms with Crippen molar-refractivity contribution in [2.45, 2.75) is 38.5 Å². The number of nitrogens with zero attached hydrogens (tertiary/aromatic N) is 1. The Labute approximate surface area is 151 Å². The Morgan fingerprint density at radius 1 is 1.45 bits per heavy atom. The summed E-state index contributed by atoms with van der Waals surface area (Å²) in [5.41, 5.74) is 1.62. The second-order valence-corrected chi connectivity index (χ2v) is 6.13. The average Bonchev–Trinajstić information content (AvgIpc) is 3.15. The lowest BCUT2D eigenvalue weighted by Crippen LogP contribution is -2.44. The highest BCUT2D eigenvalue weighted by molar-refractivity contribution is 14.0. The van der Waals surface area contributed by atoms with Crippen molar-refractivity contribution in [1.82, 2.24) is 10.6 Å². The molecule has 2 rings (SSSR count). The molecule has 1 saturated heterocycles. The highest BCUT2D eigenvalue weighted by Gasteiger charge is 2.34. The molecule has 0 radical (unpaired) electrons. The Bertz CT molecular complexity index is 380. The van der Waals surface area contributed by atoms with Gasteiger partial charge in [0.15, 0.2) is 5.96 Å². The first-order valence-corrected chi connectivity index (χ1v) is 8.09. The molecule has 5 nitrogen and oxygen atoms in total. The van der Waals surface area contributed by atoms with Gasteiger partial charge in [-0.25, -0.2) is 0 Å². The van der Waals surface area contributed by atoms with Gasteiger partial charge in [0.1, 0.15) is 0 Å². The number of aliphatic imine (C=N–C) groups is 1. The lowest BCUT2D eigenvalue weighted by Gasteiger charge is -2.27. The first-order chi connectivity index (χ1) is 10.3. The van der Waals surface area contributed by atoms with Gasteiger partial charge >= 0.3 is 0 Å². The zero-order valence-corrected chi connectivity index (χ0v) is 15.9. The standard InChI is InChI=1S/C16H29N3O2.HI/c1-17-15(18-9-6-14-4-2-3-5-14)19-12-16(7-10-20)8-11-21-13-16;/h4,20H,2-3,5-13H2,1H3,(H2,17,18,19);1H. The van der Waals surface area contributed by atoms with Crippen LogP contribution < -0.4 is 10.6 Å². The number of aliphatic hydroxyl groups excluding tert-OH is 1. The van der Waals surface area contributed by atoms with Crippen molar-refractivity contribution in [2.75, 3.05) is 40.0 Å². The topological polar surface area (TPSA) is 65.9 Å². The SMILES string of the molecule is CN=C(NCCC1=CCCC1)NCC1(CCO)CCOC1.I. The summed E-state index contributed by atoms with van der Waals surface area (Å²) in [6.07, 6.45) is 9.06. The summed E-state index contributed by atoms with van der Waals surface area (Å²) in [4.78, 5) is 4.28. The van der Waals surface area contributed by atoms with Gasteiger partial charge in [0.2, 0.25) is 0 Å². The van der Waals surface area contributed by atoms with E-state index >= 15 is 0 Å². The van der Waals surface area contributed by atoms with Crippen molar-refractivity contribution in [3.63, 3.8) is 0 Å². The number of nitrogens with one attached hydrogen (secondary N) is 2. The minimum atomic E-state index is 0. The van der Waals surface area contributed by atoms with Crippen LogP contribution in [0.2, 0.25) is 0 Å². The van der Waals surface area contributed by atoms with Gasteiger partial charge < -0.3 is 20.5 Å². The Morgan fingerprint density at radius 2 is 2.32 bits per heavy atom. The molecule has 1 heterocycles.